The van der Waals surface area contributed by atoms with E-state index in [1.807, 2.05) is 24.3 Å². The van der Waals surface area contributed by atoms with Gasteiger partial charge in [0.2, 0.25) is 0 Å². The fraction of sp³-hybridized carbons (Fsp3) is 0.214. The minimum atomic E-state index is -1.82. The van der Waals surface area contributed by atoms with Crippen molar-refractivity contribution >= 4 is 46.2 Å². The molecule has 0 amide bonds. The lowest BCUT2D eigenvalue weighted by Gasteiger charge is -2.08. The first-order valence-electron chi connectivity index (χ1n) is 6.17. The van der Waals surface area contributed by atoms with Gasteiger partial charge in [-0.2, -0.15) is 0 Å². The normalized spacial score (nSPS) is 10.2. The van der Waals surface area contributed by atoms with Gasteiger partial charge in [-0.05, 0) is 30.0 Å². The second kappa shape index (κ2) is 11.6. The van der Waals surface area contributed by atoms with E-state index in [1.54, 1.807) is 17.8 Å². The van der Waals surface area contributed by atoms with E-state index < -0.39 is 11.9 Å². The van der Waals surface area contributed by atoms with Crippen LogP contribution in [-0.4, -0.2) is 39.6 Å². The average Bonchev–Trinajstić information content (AvgIpc) is 2.48. The van der Waals surface area contributed by atoms with Crippen molar-refractivity contribution < 1.29 is 19.8 Å². The highest BCUT2D eigenvalue weighted by atomic mass is 35.5. The number of carboxylic acid groups (broad SMARTS) is 2. The number of carboxylic acids is 2. The van der Waals surface area contributed by atoms with Gasteiger partial charge >= 0.3 is 11.9 Å². The van der Waals surface area contributed by atoms with Gasteiger partial charge in [0.1, 0.15) is 0 Å². The molecule has 0 aliphatic rings. The minimum Gasteiger partial charge on any atom is -0.473 e. The number of benzene rings is 1. The maximum atomic E-state index is 9.10. The average molecular weight is 345 g/mol. The highest BCUT2D eigenvalue weighted by Crippen LogP contribution is 2.15. The van der Waals surface area contributed by atoms with Crippen LogP contribution in [0.15, 0.2) is 41.9 Å². The number of nitrogens with zero attached hydrogens (tertiary/aromatic N) is 1. The van der Waals surface area contributed by atoms with Gasteiger partial charge in [0.25, 0.3) is 0 Å². The molecule has 0 atom stereocenters. The van der Waals surface area contributed by atoms with Crippen LogP contribution < -0.4 is 5.32 Å². The van der Waals surface area contributed by atoms with Crippen LogP contribution in [0.3, 0.4) is 0 Å². The van der Waals surface area contributed by atoms with Gasteiger partial charge in [-0.15, -0.1) is 6.58 Å². The fourth-order valence-electron chi connectivity index (χ4n) is 1.06. The smallest absolute Gasteiger partial charge is 0.414 e. The first kappa shape index (κ1) is 20.0. The Morgan fingerprint density at radius 2 is 1.86 bits per heavy atom. The van der Waals surface area contributed by atoms with Crippen molar-refractivity contribution in [2.75, 3.05) is 17.6 Å². The summed E-state index contributed by atoms with van der Waals surface area (Å²) in [6, 6.07) is 7.57. The molecule has 22 heavy (non-hydrogen) atoms. The molecule has 0 aliphatic heterocycles. The minimum absolute atomic E-state index is 0.628. The van der Waals surface area contributed by atoms with Gasteiger partial charge in [-0.3, -0.25) is 4.99 Å². The number of halogens is 1. The van der Waals surface area contributed by atoms with Crippen molar-refractivity contribution in [1.29, 1.82) is 0 Å². The standard InChI is InChI=1S/C12H15ClN2S.C2H2O4/c1-3-9-14-12(16-4-2)15-11-7-5-10(13)6-8-11;3-1(4)2(5)6/h3,5-8H,1,4,9H2,2H3,(H,14,15);(H,3,4)(H,5,6). The zero-order valence-corrected chi connectivity index (χ0v) is 13.5. The Morgan fingerprint density at radius 1 is 1.32 bits per heavy atom. The van der Waals surface area contributed by atoms with E-state index in [0.29, 0.717) is 6.54 Å². The van der Waals surface area contributed by atoms with Crippen molar-refractivity contribution in [1.82, 2.24) is 0 Å². The third kappa shape index (κ3) is 9.84. The van der Waals surface area contributed by atoms with Gasteiger partial charge in [0.05, 0.1) is 6.54 Å². The van der Waals surface area contributed by atoms with Crippen LogP contribution in [0, 0.1) is 0 Å². The van der Waals surface area contributed by atoms with Crippen molar-refractivity contribution in [2.45, 2.75) is 6.92 Å². The molecule has 0 fully saturated rings. The number of aliphatic carboxylic acids is 2. The van der Waals surface area contributed by atoms with E-state index in [1.165, 1.54) is 0 Å². The molecule has 0 unspecified atom stereocenters. The van der Waals surface area contributed by atoms with E-state index in [0.717, 1.165) is 21.6 Å². The summed E-state index contributed by atoms with van der Waals surface area (Å²) in [6.07, 6.45) is 1.78. The summed E-state index contributed by atoms with van der Waals surface area (Å²) in [7, 11) is 0. The number of carbonyl (C=O) groups is 2. The Hall–Kier alpha value is -1.99. The van der Waals surface area contributed by atoms with E-state index in [9.17, 15) is 0 Å². The maximum absolute atomic E-state index is 9.10. The zero-order chi connectivity index (χ0) is 17.0. The van der Waals surface area contributed by atoms with Crippen molar-refractivity contribution in [3.8, 4) is 0 Å². The summed E-state index contributed by atoms with van der Waals surface area (Å²) < 4.78 is 0. The first-order chi connectivity index (χ1) is 10.4. The lowest BCUT2D eigenvalue weighted by molar-refractivity contribution is -0.159. The van der Waals surface area contributed by atoms with E-state index >= 15 is 0 Å². The van der Waals surface area contributed by atoms with Crippen LogP contribution in [-0.2, 0) is 9.59 Å². The molecule has 0 heterocycles. The van der Waals surface area contributed by atoms with Gasteiger partial charge in [-0.1, -0.05) is 36.4 Å². The molecule has 8 heteroatoms. The molecule has 0 saturated carbocycles. The summed E-state index contributed by atoms with van der Waals surface area (Å²) in [4.78, 5) is 22.6. The van der Waals surface area contributed by atoms with Crippen LogP contribution in [0.5, 0.6) is 0 Å². The second-order valence-corrected chi connectivity index (χ2v) is 5.30. The molecule has 0 radical (unpaired) electrons. The van der Waals surface area contributed by atoms with E-state index in [4.69, 9.17) is 31.4 Å². The molecular weight excluding hydrogens is 328 g/mol. The Kier molecular flexibility index (Phi) is 10.6. The van der Waals surface area contributed by atoms with Crippen LogP contribution >= 0.6 is 23.4 Å². The van der Waals surface area contributed by atoms with Crippen LogP contribution in [0.1, 0.15) is 6.92 Å². The number of rotatable bonds is 4. The fourth-order valence-corrected chi connectivity index (χ4v) is 1.82. The van der Waals surface area contributed by atoms with Crippen LogP contribution in [0.2, 0.25) is 5.02 Å². The zero-order valence-electron chi connectivity index (χ0n) is 12.0. The highest BCUT2D eigenvalue weighted by Gasteiger charge is 2.04. The second-order valence-electron chi connectivity index (χ2n) is 3.61. The molecule has 3 N–H and O–H groups in total. The molecule has 0 aromatic heterocycles. The van der Waals surface area contributed by atoms with Crippen LogP contribution in [0.4, 0.5) is 5.69 Å². The lowest BCUT2D eigenvalue weighted by Crippen LogP contribution is -2.09. The highest BCUT2D eigenvalue weighted by molar-refractivity contribution is 8.14. The van der Waals surface area contributed by atoms with Gasteiger partial charge in [-0.25, -0.2) is 9.59 Å². The summed E-state index contributed by atoms with van der Waals surface area (Å²) in [6.45, 7) is 6.37. The molecule has 0 saturated heterocycles. The van der Waals surface area contributed by atoms with Crippen molar-refractivity contribution in [2.24, 2.45) is 4.99 Å². The van der Waals surface area contributed by atoms with E-state index in [-0.39, 0.29) is 0 Å². The predicted octanol–water partition coefficient (Wildman–Crippen LogP) is 3.20. The molecule has 120 valence electrons. The summed E-state index contributed by atoms with van der Waals surface area (Å²) in [5.74, 6) is -2.67. The number of amidine groups is 1. The van der Waals surface area contributed by atoms with Crippen molar-refractivity contribution in [3.63, 3.8) is 0 Å². The Balaban J connectivity index is 0.000000626. The molecule has 0 bridgehead atoms. The molecule has 1 aromatic rings. The molecular formula is C14H17ClN2O4S. The Morgan fingerprint density at radius 3 is 2.27 bits per heavy atom. The van der Waals surface area contributed by atoms with E-state index in [2.05, 4.69) is 23.8 Å². The molecule has 0 aliphatic carbocycles. The summed E-state index contributed by atoms with van der Waals surface area (Å²) >= 11 is 7.49. The summed E-state index contributed by atoms with van der Waals surface area (Å²) in [5, 5.41) is 19.7. The summed E-state index contributed by atoms with van der Waals surface area (Å²) in [5.41, 5.74) is 0.994. The molecule has 6 nitrogen and oxygen atoms in total. The number of nitrogens with one attached hydrogen (secondary N) is 1. The molecule has 1 rings (SSSR count). The Labute approximate surface area is 137 Å². The quantitative estimate of drug-likeness (QED) is 0.336. The van der Waals surface area contributed by atoms with Gasteiger partial charge in [0.15, 0.2) is 5.17 Å². The monoisotopic (exact) mass is 344 g/mol. The molecule has 1 aromatic carbocycles. The SMILES string of the molecule is C=CCN=C(Nc1ccc(Cl)cc1)SCC.O=C(O)C(=O)O. The largest absolute Gasteiger partial charge is 0.473 e. The number of hydrogen-bond donors (Lipinski definition) is 3. The topological polar surface area (TPSA) is 99.0 Å². The van der Waals surface area contributed by atoms with Gasteiger partial charge in [0, 0.05) is 10.7 Å². The maximum Gasteiger partial charge on any atom is 0.414 e. The Bertz CT molecular complexity index is 520. The van der Waals surface area contributed by atoms with Gasteiger partial charge < -0.3 is 15.5 Å². The van der Waals surface area contributed by atoms with Crippen LogP contribution in [0.25, 0.3) is 0 Å². The third-order valence-electron chi connectivity index (χ3n) is 1.92. The number of aliphatic imine (C=N–C) groups is 1. The number of anilines is 1. The predicted molar refractivity (Wildman–Crippen MR) is 91.0 cm³/mol. The number of thioether (sulfide) groups is 1. The third-order valence-corrected chi connectivity index (χ3v) is 2.97. The first-order valence-corrected chi connectivity index (χ1v) is 7.54. The molecule has 0 spiro atoms. The van der Waals surface area contributed by atoms with Crippen molar-refractivity contribution in [3.05, 3.63) is 41.9 Å². The lowest BCUT2D eigenvalue weighted by atomic mass is 10.3. The number of hydrogen-bond acceptors (Lipinski definition) is 4.